The molecule has 27 heavy (non-hydrogen) atoms. The zero-order valence-corrected chi connectivity index (χ0v) is 16.9. The molecule has 10 heteroatoms. The number of halogens is 2. The van der Waals surface area contributed by atoms with E-state index in [0.717, 1.165) is 6.42 Å². The average Bonchev–Trinajstić information content (AvgIpc) is 3.19. The van der Waals surface area contributed by atoms with Crippen LogP contribution in [0.5, 0.6) is 5.75 Å². The number of ether oxygens (including phenoxy) is 1. The molecule has 1 heterocycles. The van der Waals surface area contributed by atoms with Gasteiger partial charge in [0.1, 0.15) is 9.89 Å². The summed E-state index contributed by atoms with van der Waals surface area (Å²) in [6.45, 7) is 2.07. The number of phenols is 1. The highest BCUT2D eigenvalue weighted by atomic mass is 35.5. The normalized spacial score (nSPS) is 27.7. The van der Waals surface area contributed by atoms with Crippen LogP contribution in [0, 0.1) is 5.92 Å². The quantitative estimate of drug-likeness (QED) is 0.290. The number of benzene rings is 1. The monoisotopic (exact) mass is 434 g/mol. The average molecular weight is 435 g/mol. The third kappa shape index (κ3) is 4.03. The topological polar surface area (TPSA) is 105 Å². The van der Waals surface area contributed by atoms with Gasteiger partial charge in [-0.25, -0.2) is 13.2 Å². The van der Waals surface area contributed by atoms with E-state index in [9.17, 15) is 18.3 Å². The van der Waals surface area contributed by atoms with Crippen LogP contribution < -0.4 is 10.6 Å². The molecular formula is C17H20Cl2N2O5S. The highest BCUT2D eigenvalue weighted by Gasteiger charge is 2.40. The Balaban J connectivity index is 1.87. The van der Waals surface area contributed by atoms with E-state index in [1.165, 1.54) is 12.1 Å². The fourth-order valence-corrected chi connectivity index (χ4v) is 5.93. The third-order valence-electron chi connectivity index (χ3n) is 4.62. The maximum absolute atomic E-state index is 12.9. The van der Waals surface area contributed by atoms with Crippen molar-refractivity contribution in [1.82, 2.24) is 5.32 Å². The summed E-state index contributed by atoms with van der Waals surface area (Å²) in [5.74, 6) is -0.874. The first-order valence-corrected chi connectivity index (χ1v) is 10.8. The number of anilines is 1. The third-order valence-corrected chi connectivity index (χ3v) is 7.65. The lowest BCUT2D eigenvalue weighted by molar-refractivity contribution is 0.152. The standard InChI is InChI=1S/C17H20Cl2N2O5S/c1-10-6-9-26-15(10)27(24,25)14-11(18)4-5-12(13(14)22)20-16(23)21-17(19)7-2-3-8-17/h2,4-5,7,10,15,22H,3,6,8-9H2,1H3,(H2,20,21,23)/t10-,15?,17-/m1/s1. The maximum Gasteiger partial charge on any atom is 0.320 e. The van der Waals surface area contributed by atoms with Crippen LogP contribution in [0.2, 0.25) is 5.02 Å². The van der Waals surface area contributed by atoms with Gasteiger partial charge in [-0.3, -0.25) is 0 Å². The van der Waals surface area contributed by atoms with Crippen molar-refractivity contribution in [3.63, 3.8) is 0 Å². The van der Waals surface area contributed by atoms with Gasteiger partial charge >= 0.3 is 6.03 Å². The summed E-state index contributed by atoms with van der Waals surface area (Å²) in [5.41, 5.74) is -1.19. The minimum Gasteiger partial charge on any atom is -0.504 e. The summed E-state index contributed by atoms with van der Waals surface area (Å²) in [6.07, 6.45) is 5.38. The van der Waals surface area contributed by atoms with Crippen LogP contribution in [0.3, 0.4) is 0 Å². The Kier molecular flexibility index (Phi) is 5.63. The van der Waals surface area contributed by atoms with Crippen molar-refractivity contribution in [2.24, 2.45) is 5.92 Å². The number of phenolic OH excluding ortho intramolecular Hbond substituents is 1. The van der Waals surface area contributed by atoms with E-state index >= 15 is 0 Å². The van der Waals surface area contributed by atoms with Crippen molar-refractivity contribution in [2.45, 2.75) is 41.5 Å². The first-order valence-electron chi connectivity index (χ1n) is 8.47. The van der Waals surface area contributed by atoms with Gasteiger partial charge in [-0.05, 0) is 43.4 Å². The smallest absolute Gasteiger partial charge is 0.320 e. The number of allylic oxidation sites excluding steroid dienone is 1. The second-order valence-electron chi connectivity index (χ2n) is 6.71. The summed E-state index contributed by atoms with van der Waals surface area (Å²) in [7, 11) is -4.06. The molecular weight excluding hydrogens is 415 g/mol. The van der Waals surface area contributed by atoms with Crippen LogP contribution in [0.25, 0.3) is 0 Å². The van der Waals surface area contributed by atoms with Gasteiger partial charge in [-0.2, -0.15) is 0 Å². The Morgan fingerprint density at radius 2 is 2.15 bits per heavy atom. The summed E-state index contributed by atoms with van der Waals surface area (Å²) in [4.78, 5) is 10.8. The summed E-state index contributed by atoms with van der Waals surface area (Å²) < 4.78 is 31.2. The van der Waals surface area contributed by atoms with Crippen molar-refractivity contribution in [1.29, 1.82) is 0 Å². The maximum atomic E-state index is 12.9. The van der Waals surface area contributed by atoms with E-state index in [2.05, 4.69) is 10.6 Å². The molecule has 0 radical (unpaired) electrons. The molecule has 2 amide bonds. The largest absolute Gasteiger partial charge is 0.504 e. The minimum atomic E-state index is -4.06. The van der Waals surface area contributed by atoms with Gasteiger partial charge in [0.2, 0.25) is 9.84 Å². The van der Waals surface area contributed by atoms with Crippen molar-refractivity contribution in [3.05, 3.63) is 29.3 Å². The lowest BCUT2D eigenvalue weighted by Crippen LogP contribution is -2.43. The number of amides is 2. The van der Waals surface area contributed by atoms with Crippen LogP contribution in [-0.2, 0) is 14.6 Å². The predicted octanol–water partition coefficient (Wildman–Crippen LogP) is 3.61. The van der Waals surface area contributed by atoms with E-state index < -0.39 is 36.9 Å². The van der Waals surface area contributed by atoms with E-state index in [-0.39, 0.29) is 16.6 Å². The van der Waals surface area contributed by atoms with Crippen LogP contribution in [0.15, 0.2) is 29.2 Å². The first-order chi connectivity index (χ1) is 12.6. The highest BCUT2D eigenvalue weighted by Crippen LogP contribution is 2.41. The molecule has 1 aromatic carbocycles. The summed E-state index contributed by atoms with van der Waals surface area (Å²) in [5, 5.41) is 15.4. The molecule has 7 nitrogen and oxygen atoms in total. The first kappa shape index (κ1) is 20.3. The molecule has 3 rings (SSSR count). The van der Waals surface area contributed by atoms with Crippen LogP contribution in [0.4, 0.5) is 10.5 Å². The van der Waals surface area contributed by atoms with Crippen molar-refractivity contribution in [3.8, 4) is 5.75 Å². The van der Waals surface area contributed by atoms with Gasteiger partial charge < -0.3 is 20.5 Å². The SMILES string of the molecule is C[C@@H]1CCOC1S(=O)(=O)c1c(Cl)ccc(NC(=O)N[C@]2(Cl)C=CCC2)c1O. The number of sulfone groups is 1. The molecule has 1 fully saturated rings. The van der Waals surface area contributed by atoms with Gasteiger partial charge in [0.05, 0.1) is 10.7 Å². The van der Waals surface area contributed by atoms with Gasteiger partial charge in [-0.15, -0.1) is 0 Å². The number of carbonyl (C=O) groups is 1. The fraction of sp³-hybridized carbons (Fsp3) is 0.471. The Hall–Kier alpha value is -1.48. The van der Waals surface area contributed by atoms with Crippen molar-refractivity contribution in [2.75, 3.05) is 11.9 Å². The molecule has 1 unspecified atom stereocenters. The van der Waals surface area contributed by atoms with Gasteiger partial charge in [0.15, 0.2) is 11.2 Å². The van der Waals surface area contributed by atoms with E-state index in [1.807, 2.05) is 6.08 Å². The predicted molar refractivity (Wildman–Crippen MR) is 103 cm³/mol. The number of hydrogen-bond donors (Lipinski definition) is 3. The fourth-order valence-electron chi connectivity index (χ4n) is 3.19. The van der Waals surface area contributed by atoms with Crippen LogP contribution in [-0.4, -0.2) is 36.6 Å². The lowest BCUT2D eigenvalue weighted by Gasteiger charge is -2.22. The minimum absolute atomic E-state index is 0.0941. The van der Waals surface area contributed by atoms with Gasteiger partial charge in [0, 0.05) is 6.61 Å². The Morgan fingerprint density at radius 1 is 1.41 bits per heavy atom. The number of urea groups is 1. The number of hydrogen-bond acceptors (Lipinski definition) is 5. The van der Waals surface area contributed by atoms with Gasteiger partial charge in [-0.1, -0.05) is 36.2 Å². The zero-order chi connectivity index (χ0) is 19.8. The van der Waals surface area contributed by atoms with Crippen molar-refractivity contribution < 1.29 is 23.1 Å². The van der Waals surface area contributed by atoms with Gasteiger partial charge in [0.25, 0.3) is 0 Å². The molecule has 0 aromatic heterocycles. The summed E-state index contributed by atoms with van der Waals surface area (Å²) >= 11 is 12.3. The molecule has 0 bridgehead atoms. The second kappa shape index (κ2) is 7.50. The van der Waals surface area contributed by atoms with E-state index in [4.69, 9.17) is 27.9 Å². The lowest BCUT2D eigenvalue weighted by atomic mass is 10.2. The number of rotatable bonds is 4. The Labute approximate surface area is 167 Å². The highest BCUT2D eigenvalue weighted by molar-refractivity contribution is 7.92. The molecule has 1 aliphatic heterocycles. The number of carbonyl (C=O) groups excluding carboxylic acids is 1. The second-order valence-corrected chi connectivity index (χ2v) is 9.75. The molecule has 3 atom stereocenters. The Morgan fingerprint density at radius 3 is 2.74 bits per heavy atom. The number of aromatic hydroxyl groups is 1. The zero-order valence-electron chi connectivity index (χ0n) is 14.5. The molecule has 148 valence electrons. The van der Waals surface area contributed by atoms with Crippen molar-refractivity contribution >= 4 is 44.8 Å². The summed E-state index contributed by atoms with van der Waals surface area (Å²) in [6, 6.07) is 1.94. The number of nitrogens with one attached hydrogen (secondary N) is 2. The van der Waals surface area contributed by atoms with E-state index in [0.29, 0.717) is 19.4 Å². The molecule has 0 spiro atoms. The molecule has 3 N–H and O–H groups in total. The molecule has 2 aliphatic rings. The molecule has 1 aromatic rings. The molecule has 1 saturated heterocycles. The molecule has 1 aliphatic carbocycles. The Bertz CT molecular complexity index is 890. The van der Waals surface area contributed by atoms with Crippen LogP contribution in [0.1, 0.15) is 26.2 Å². The molecule has 0 saturated carbocycles. The number of alkyl halides is 1. The van der Waals surface area contributed by atoms with E-state index in [1.54, 1.807) is 13.0 Å². The van der Waals surface area contributed by atoms with Crippen LogP contribution >= 0.6 is 23.2 Å².